The third kappa shape index (κ3) is 53.2. The summed E-state index contributed by atoms with van der Waals surface area (Å²) in [5, 5.41) is 0. The van der Waals surface area contributed by atoms with Crippen LogP contribution in [-0.4, -0.2) is 37.9 Å². The molecule has 0 radical (unpaired) electrons. The summed E-state index contributed by atoms with van der Waals surface area (Å²) in [6.45, 7) is 7.58. The summed E-state index contributed by atoms with van der Waals surface area (Å²) in [6.07, 6.45) is 76.7. The van der Waals surface area contributed by atoms with Gasteiger partial charge in [-0.05, 0) is 128 Å². The van der Waals surface area contributed by atoms with Gasteiger partial charge in [-0.25, -0.2) is 0 Å². The minimum absolute atomic E-state index is 0.0480. The first-order chi connectivity index (χ1) is 32.6. The van der Waals surface area contributed by atoms with E-state index in [1.54, 1.807) is 0 Å². The number of hydrogen-bond donors (Lipinski definition) is 0. The summed E-state index contributed by atoms with van der Waals surface area (Å²) < 4.78 is 17.4. The number of carbonyl (C=O) groups excluding carboxylic acids is 2. The fraction of sp³-hybridized carbons (Fsp3) is 0.672. The lowest BCUT2D eigenvalue weighted by Crippen LogP contribution is -2.30. The molecule has 0 aromatic carbocycles. The molecule has 0 heterocycles. The van der Waals surface area contributed by atoms with E-state index in [2.05, 4.69) is 130 Å². The van der Waals surface area contributed by atoms with Crippen molar-refractivity contribution < 1.29 is 23.8 Å². The van der Waals surface area contributed by atoms with Crippen LogP contribution in [0, 0.1) is 0 Å². The average Bonchev–Trinajstić information content (AvgIpc) is 3.32. The first-order valence-corrected chi connectivity index (χ1v) is 27.4. The Hall–Kier alpha value is -3.44. The number of allylic oxidation sites excluding steroid dienone is 18. The Labute approximate surface area is 408 Å². The van der Waals surface area contributed by atoms with Crippen LogP contribution in [0.1, 0.15) is 239 Å². The van der Waals surface area contributed by atoms with E-state index in [0.29, 0.717) is 19.4 Å². The predicted molar refractivity (Wildman–Crippen MR) is 288 cm³/mol. The lowest BCUT2D eigenvalue weighted by Gasteiger charge is -2.18. The van der Waals surface area contributed by atoms with E-state index in [-0.39, 0.29) is 25.2 Å². The minimum atomic E-state index is -0.573. The second-order valence-electron chi connectivity index (χ2n) is 17.7. The smallest absolute Gasteiger partial charge is 0.306 e. The van der Waals surface area contributed by atoms with E-state index in [4.69, 9.17) is 14.2 Å². The second kappa shape index (κ2) is 55.9. The molecule has 0 rings (SSSR count). The molecule has 5 nitrogen and oxygen atoms in total. The summed E-state index contributed by atoms with van der Waals surface area (Å²) in [5.41, 5.74) is 0. The number of hydrogen-bond acceptors (Lipinski definition) is 5. The number of esters is 2. The van der Waals surface area contributed by atoms with Crippen LogP contribution in [0.15, 0.2) is 109 Å². The SMILES string of the molecule is CC/C=C\C/C=C\C/C=C\C/C=C\CCCCC(=O)OCC(COCCCCCCCCC/C=C\C/C=C\C/C=C\CCCCC)OC(=O)CCCCCCC/C=C\C/C=C\CCCCC. The first-order valence-electron chi connectivity index (χ1n) is 27.4. The monoisotopic (exact) mass is 915 g/mol. The maximum absolute atomic E-state index is 12.8. The van der Waals surface area contributed by atoms with Crippen LogP contribution in [0.3, 0.4) is 0 Å². The lowest BCUT2D eigenvalue weighted by molar-refractivity contribution is -0.163. The standard InChI is InChI=1S/C61H102O5/c1-4-7-10-13-16-19-22-25-28-29-30-31-32-35-38-41-44-47-50-53-56-64-57-59(66-61(63)55-52-49-46-43-40-37-34-27-24-21-18-15-12-9-6-3)58-65-60(62)54-51-48-45-42-39-36-33-26-23-20-17-14-11-8-5-2/h8,11,16-21,25-28,30-31,33-34,39,42,59H,4-7,9-10,12-15,22-24,29,32,35-38,40-41,43-58H2,1-3H3/b11-8-,19-16-,20-17-,21-18-,28-25-,31-30-,33-26-,34-27-,42-39-. The normalized spacial score (nSPS) is 13.1. The Bertz CT molecular complexity index is 1310. The van der Waals surface area contributed by atoms with Crippen molar-refractivity contribution in [2.24, 2.45) is 0 Å². The van der Waals surface area contributed by atoms with Gasteiger partial charge in [0, 0.05) is 19.4 Å². The third-order valence-corrected chi connectivity index (χ3v) is 11.3. The molecule has 0 saturated carbocycles. The van der Waals surface area contributed by atoms with Gasteiger partial charge in [-0.3, -0.25) is 9.59 Å². The van der Waals surface area contributed by atoms with Crippen molar-refractivity contribution in [1.82, 2.24) is 0 Å². The number of rotatable bonds is 49. The third-order valence-electron chi connectivity index (χ3n) is 11.3. The summed E-state index contributed by atoms with van der Waals surface area (Å²) in [5.74, 6) is -0.470. The highest BCUT2D eigenvalue weighted by molar-refractivity contribution is 5.70. The zero-order valence-electron chi connectivity index (χ0n) is 43.2. The Morgan fingerprint density at radius 2 is 0.682 bits per heavy atom. The van der Waals surface area contributed by atoms with E-state index in [0.717, 1.165) is 103 Å². The fourth-order valence-corrected chi connectivity index (χ4v) is 7.18. The zero-order valence-corrected chi connectivity index (χ0v) is 43.2. The molecular formula is C61H102O5. The van der Waals surface area contributed by atoms with Crippen LogP contribution >= 0.6 is 0 Å². The lowest BCUT2D eigenvalue weighted by atomic mass is 10.1. The molecule has 0 aliphatic rings. The first kappa shape index (κ1) is 62.6. The van der Waals surface area contributed by atoms with Crippen LogP contribution in [0.4, 0.5) is 0 Å². The van der Waals surface area contributed by atoms with Gasteiger partial charge in [0.25, 0.3) is 0 Å². The summed E-state index contributed by atoms with van der Waals surface area (Å²) in [6, 6.07) is 0. The minimum Gasteiger partial charge on any atom is -0.462 e. The average molecular weight is 915 g/mol. The molecule has 1 unspecified atom stereocenters. The molecule has 0 aromatic rings. The number of ether oxygens (including phenoxy) is 3. The van der Waals surface area contributed by atoms with E-state index >= 15 is 0 Å². The highest BCUT2D eigenvalue weighted by atomic mass is 16.6. The largest absolute Gasteiger partial charge is 0.462 e. The Morgan fingerprint density at radius 1 is 0.348 bits per heavy atom. The van der Waals surface area contributed by atoms with Gasteiger partial charge in [-0.1, -0.05) is 207 Å². The van der Waals surface area contributed by atoms with Gasteiger partial charge in [-0.15, -0.1) is 0 Å². The summed E-state index contributed by atoms with van der Waals surface area (Å²) in [4.78, 5) is 25.4. The molecule has 0 N–H and O–H groups in total. The Kier molecular flexibility index (Phi) is 53.0. The molecule has 376 valence electrons. The molecule has 0 aliphatic carbocycles. The van der Waals surface area contributed by atoms with Gasteiger partial charge < -0.3 is 14.2 Å². The van der Waals surface area contributed by atoms with E-state index in [1.807, 2.05) is 0 Å². The maximum Gasteiger partial charge on any atom is 0.306 e. The Morgan fingerprint density at radius 3 is 1.12 bits per heavy atom. The molecule has 0 amide bonds. The van der Waals surface area contributed by atoms with E-state index < -0.39 is 6.10 Å². The summed E-state index contributed by atoms with van der Waals surface area (Å²) >= 11 is 0. The highest BCUT2D eigenvalue weighted by Gasteiger charge is 2.17. The maximum atomic E-state index is 12.8. The molecule has 0 aliphatic heterocycles. The van der Waals surface area contributed by atoms with Gasteiger partial charge >= 0.3 is 11.9 Å². The molecule has 0 fully saturated rings. The van der Waals surface area contributed by atoms with Crippen molar-refractivity contribution in [3.05, 3.63) is 109 Å². The predicted octanol–water partition coefficient (Wildman–Crippen LogP) is 18.8. The van der Waals surface area contributed by atoms with Crippen LogP contribution in [0.5, 0.6) is 0 Å². The molecular weight excluding hydrogens is 813 g/mol. The van der Waals surface area contributed by atoms with Crippen LogP contribution in [0.2, 0.25) is 0 Å². The van der Waals surface area contributed by atoms with Crippen LogP contribution in [-0.2, 0) is 23.8 Å². The van der Waals surface area contributed by atoms with Crippen molar-refractivity contribution in [3.8, 4) is 0 Å². The van der Waals surface area contributed by atoms with Gasteiger partial charge in [0.1, 0.15) is 6.61 Å². The van der Waals surface area contributed by atoms with Gasteiger partial charge in [-0.2, -0.15) is 0 Å². The Balaban J connectivity index is 4.38. The van der Waals surface area contributed by atoms with Crippen LogP contribution < -0.4 is 0 Å². The summed E-state index contributed by atoms with van der Waals surface area (Å²) in [7, 11) is 0. The molecule has 0 spiro atoms. The van der Waals surface area contributed by atoms with Crippen molar-refractivity contribution in [2.45, 2.75) is 245 Å². The molecule has 0 bridgehead atoms. The quantitative estimate of drug-likeness (QED) is 0.0346. The van der Waals surface area contributed by atoms with Crippen molar-refractivity contribution in [3.63, 3.8) is 0 Å². The van der Waals surface area contributed by atoms with Gasteiger partial charge in [0.2, 0.25) is 0 Å². The van der Waals surface area contributed by atoms with Gasteiger partial charge in [0.05, 0.1) is 6.61 Å². The van der Waals surface area contributed by atoms with E-state index in [1.165, 1.54) is 103 Å². The molecule has 0 aromatic heterocycles. The van der Waals surface area contributed by atoms with E-state index in [9.17, 15) is 9.59 Å². The van der Waals surface area contributed by atoms with Crippen LogP contribution in [0.25, 0.3) is 0 Å². The van der Waals surface area contributed by atoms with Gasteiger partial charge in [0.15, 0.2) is 6.10 Å². The van der Waals surface area contributed by atoms with Crippen molar-refractivity contribution in [2.75, 3.05) is 19.8 Å². The highest BCUT2D eigenvalue weighted by Crippen LogP contribution is 2.13. The fourth-order valence-electron chi connectivity index (χ4n) is 7.18. The number of carbonyl (C=O) groups is 2. The molecule has 5 heteroatoms. The molecule has 1 atom stereocenters. The molecule has 0 saturated heterocycles. The zero-order chi connectivity index (χ0) is 47.7. The topological polar surface area (TPSA) is 61.8 Å². The van der Waals surface area contributed by atoms with Crippen molar-refractivity contribution >= 4 is 11.9 Å². The second-order valence-corrected chi connectivity index (χ2v) is 17.7. The number of unbranched alkanes of at least 4 members (excludes halogenated alkanes) is 20. The molecule has 66 heavy (non-hydrogen) atoms. The van der Waals surface area contributed by atoms with Crippen molar-refractivity contribution in [1.29, 1.82) is 0 Å².